The molecule has 0 aromatic heterocycles. The number of carbonyl (C=O) groups is 1. The van der Waals surface area contributed by atoms with Gasteiger partial charge in [0.2, 0.25) is 5.91 Å². The minimum atomic E-state index is -0.246. The number of amides is 1. The molecule has 0 aliphatic carbocycles. The molecule has 0 aromatic rings. The van der Waals surface area contributed by atoms with Gasteiger partial charge in [-0.3, -0.25) is 4.79 Å². The molecule has 0 radical (unpaired) electrons. The first-order valence-electron chi connectivity index (χ1n) is 4.70. The van der Waals surface area contributed by atoms with Crippen LogP contribution in [0.15, 0.2) is 0 Å². The van der Waals surface area contributed by atoms with E-state index in [9.17, 15) is 4.79 Å². The van der Waals surface area contributed by atoms with Crippen LogP contribution in [0.25, 0.3) is 0 Å². The monoisotopic (exact) mass is 172 g/mol. The molecule has 0 bridgehead atoms. The molecule has 1 amide bonds. The maximum absolute atomic E-state index is 10.9. The van der Waals surface area contributed by atoms with E-state index in [1.807, 2.05) is 6.92 Å². The number of rotatable bonds is 6. The summed E-state index contributed by atoms with van der Waals surface area (Å²) in [5.74, 6) is -0.246. The van der Waals surface area contributed by atoms with Crippen LogP contribution in [0.4, 0.5) is 0 Å². The van der Waals surface area contributed by atoms with Gasteiger partial charge in [0.25, 0.3) is 0 Å². The highest BCUT2D eigenvalue weighted by molar-refractivity contribution is 5.79. The molecule has 72 valence electrons. The molecular weight excluding hydrogens is 152 g/mol. The molecule has 1 unspecified atom stereocenters. The normalized spacial score (nSPS) is 13.3. The van der Waals surface area contributed by atoms with Gasteiger partial charge in [0.05, 0.1) is 6.04 Å². The van der Waals surface area contributed by atoms with Crippen LogP contribution in [0.1, 0.15) is 40.0 Å². The topological polar surface area (TPSA) is 55.1 Å². The zero-order chi connectivity index (χ0) is 9.56. The van der Waals surface area contributed by atoms with Gasteiger partial charge in [0.1, 0.15) is 0 Å². The molecule has 0 heterocycles. The van der Waals surface area contributed by atoms with Crippen molar-refractivity contribution in [2.75, 3.05) is 0 Å². The second-order valence-electron chi connectivity index (χ2n) is 3.04. The Labute approximate surface area is 74.7 Å². The Morgan fingerprint density at radius 2 is 1.75 bits per heavy atom. The number of nitrogens with two attached hydrogens (primary N) is 1. The number of carbonyl (C=O) groups excluding carboxylic acids is 1. The Morgan fingerprint density at radius 1 is 1.25 bits per heavy atom. The highest BCUT2D eigenvalue weighted by Crippen LogP contribution is 2.00. The lowest BCUT2D eigenvalue weighted by atomic mass is 10.1. The Bertz CT molecular complexity index is 132. The van der Waals surface area contributed by atoms with Crippen molar-refractivity contribution in [3.8, 4) is 0 Å². The minimum absolute atomic E-state index is 0.157. The lowest BCUT2D eigenvalue weighted by Crippen LogP contribution is -2.45. The second kappa shape index (κ2) is 6.00. The molecule has 1 atom stereocenters. The van der Waals surface area contributed by atoms with Gasteiger partial charge in [-0.2, -0.15) is 0 Å². The van der Waals surface area contributed by atoms with Crippen LogP contribution >= 0.6 is 0 Å². The standard InChI is InChI=1S/C9H20N2O/c1-4-7(5-2)11-8(6-3)9(10)12/h7-8,11H,4-6H2,1-3H3,(H2,10,12). The molecule has 0 saturated carbocycles. The summed E-state index contributed by atoms with van der Waals surface area (Å²) in [5, 5.41) is 3.23. The lowest BCUT2D eigenvalue weighted by Gasteiger charge is -2.20. The molecule has 0 aliphatic rings. The van der Waals surface area contributed by atoms with Gasteiger partial charge < -0.3 is 11.1 Å². The summed E-state index contributed by atoms with van der Waals surface area (Å²) >= 11 is 0. The van der Waals surface area contributed by atoms with E-state index in [2.05, 4.69) is 19.2 Å². The molecular formula is C9H20N2O. The van der Waals surface area contributed by atoms with Crippen LogP contribution in [0.3, 0.4) is 0 Å². The van der Waals surface area contributed by atoms with E-state index in [4.69, 9.17) is 5.73 Å². The van der Waals surface area contributed by atoms with E-state index < -0.39 is 0 Å². The highest BCUT2D eigenvalue weighted by Gasteiger charge is 2.15. The summed E-state index contributed by atoms with van der Waals surface area (Å²) in [6, 6.07) is 0.261. The van der Waals surface area contributed by atoms with Gasteiger partial charge in [-0.25, -0.2) is 0 Å². The van der Waals surface area contributed by atoms with Crippen LogP contribution in [0.5, 0.6) is 0 Å². The number of nitrogens with one attached hydrogen (secondary N) is 1. The summed E-state index contributed by atoms with van der Waals surface area (Å²) in [7, 11) is 0. The largest absolute Gasteiger partial charge is 0.368 e. The van der Waals surface area contributed by atoms with E-state index in [-0.39, 0.29) is 11.9 Å². The van der Waals surface area contributed by atoms with Crippen LogP contribution in [0, 0.1) is 0 Å². The molecule has 3 nitrogen and oxygen atoms in total. The van der Waals surface area contributed by atoms with Gasteiger partial charge >= 0.3 is 0 Å². The molecule has 0 saturated heterocycles. The van der Waals surface area contributed by atoms with Crippen LogP contribution in [-0.4, -0.2) is 18.0 Å². The quantitative estimate of drug-likeness (QED) is 0.628. The van der Waals surface area contributed by atoms with Crippen molar-refractivity contribution in [2.45, 2.75) is 52.1 Å². The predicted molar refractivity (Wildman–Crippen MR) is 50.8 cm³/mol. The summed E-state index contributed by atoms with van der Waals surface area (Å²) in [4.78, 5) is 10.9. The summed E-state index contributed by atoms with van der Waals surface area (Å²) in [5.41, 5.74) is 5.20. The Morgan fingerprint density at radius 3 is 2.00 bits per heavy atom. The van der Waals surface area contributed by atoms with Crippen molar-refractivity contribution in [1.82, 2.24) is 5.32 Å². The van der Waals surface area contributed by atoms with Crippen molar-refractivity contribution in [2.24, 2.45) is 5.73 Å². The summed E-state index contributed by atoms with van der Waals surface area (Å²) in [6.07, 6.45) is 2.85. The molecule has 12 heavy (non-hydrogen) atoms. The molecule has 0 spiro atoms. The number of hydrogen-bond donors (Lipinski definition) is 2. The van der Waals surface area contributed by atoms with Crippen molar-refractivity contribution in [1.29, 1.82) is 0 Å². The van der Waals surface area contributed by atoms with Crippen LogP contribution in [0.2, 0.25) is 0 Å². The zero-order valence-electron chi connectivity index (χ0n) is 8.26. The van der Waals surface area contributed by atoms with Gasteiger partial charge in [0, 0.05) is 6.04 Å². The molecule has 0 fully saturated rings. The molecule has 0 rings (SSSR count). The van der Waals surface area contributed by atoms with E-state index in [0.29, 0.717) is 6.04 Å². The van der Waals surface area contributed by atoms with Gasteiger partial charge in [-0.1, -0.05) is 20.8 Å². The Kier molecular flexibility index (Phi) is 5.72. The highest BCUT2D eigenvalue weighted by atomic mass is 16.1. The summed E-state index contributed by atoms with van der Waals surface area (Å²) < 4.78 is 0. The fourth-order valence-electron chi connectivity index (χ4n) is 1.21. The first-order valence-corrected chi connectivity index (χ1v) is 4.70. The molecule has 0 aliphatic heterocycles. The van der Waals surface area contributed by atoms with Crippen molar-refractivity contribution >= 4 is 5.91 Å². The van der Waals surface area contributed by atoms with Crippen molar-refractivity contribution in [3.63, 3.8) is 0 Å². The van der Waals surface area contributed by atoms with E-state index in [1.54, 1.807) is 0 Å². The van der Waals surface area contributed by atoms with Crippen LogP contribution < -0.4 is 11.1 Å². The molecule has 0 aromatic carbocycles. The molecule has 3 heteroatoms. The Balaban J connectivity index is 3.91. The first kappa shape index (κ1) is 11.4. The predicted octanol–water partition coefficient (Wildman–Crippen LogP) is 1.03. The maximum atomic E-state index is 10.9. The lowest BCUT2D eigenvalue weighted by molar-refractivity contribution is -0.120. The smallest absolute Gasteiger partial charge is 0.234 e. The third-order valence-corrected chi connectivity index (χ3v) is 2.17. The number of hydrogen-bond acceptors (Lipinski definition) is 2. The SMILES string of the molecule is CCC(CC)NC(CC)C(N)=O. The third kappa shape index (κ3) is 3.72. The average Bonchev–Trinajstić information content (AvgIpc) is 2.06. The van der Waals surface area contributed by atoms with E-state index in [0.717, 1.165) is 19.3 Å². The van der Waals surface area contributed by atoms with E-state index >= 15 is 0 Å². The molecule has 3 N–H and O–H groups in total. The Hall–Kier alpha value is -0.570. The minimum Gasteiger partial charge on any atom is -0.368 e. The van der Waals surface area contributed by atoms with Crippen molar-refractivity contribution < 1.29 is 4.79 Å². The third-order valence-electron chi connectivity index (χ3n) is 2.17. The fourth-order valence-corrected chi connectivity index (χ4v) is 1.21. The van der Waals surface area contributed by atoms with Crippen LogP contribution in [-0.2, 0) is 4.79 Å². The average molecular weight is 172 g/mol. The van der Waals surface area contributed by atoms with E-state index in [1.165, 1.54) is 0 Å². The van der Waals surface area contributed by atoms with Crippen molar-refractivity contribution in [3.05, 3.63) is 0 Å². The number of primary amides is 1. The van der Waals surface area contributed by atoms with Gasteiger partial charge in [-0.15, -0.1) is 0 Å². The van der Waals surface area contributed by atoms with Gasteiger partial charge in [-0.05, 0) is 19.3 Å². The fraction of sp³-hybridized carbons (Fsp3) is 0.889. The summed E-state index contributed by atoms with van der Waals surface area (Å²) in [6.45, 7) is 6.18. The first-order chi connectivity index (χ1) is 5.65. The zero-order valence-corrected chi connectivity index (χ0v) is 8.26. The van der Waals surface area contributed by atoms with Gasteiger partial charge in [0.15, 0.2) is 0 Å². The maximum Gasteiger partial charge on any atom is 0.234 e. The second-order valence-corrected chi connectivity index (χ2v) is 3.04.